The summed E-state index contributed by atoms with van der Waals surface area (Å²) in [5, 5.41) is 4.97. The SMILES string of the molecule is COc1ccc([C@H]2c3cccn3-c3sc4c(c3CN2C(=O)Nc2ccc(C)c(Cl)c2)CCN(C)C4)cc1. The molecule has 4 aromatic rings. The van der Waals surface area contributed by atoms with Crippen molar-refractivity contribution in [1.29, 1.82) is 0 Å². The number of methoxy groups -OCH3 is 1. The number of nitrogens with one attached hydrogen (secondary N) is 1. The normalized spacial score (nSPS) is 17.0. The Morgan fingerprint density at radius 2 is 1.92 bits per heavy atom. The molecule has 2 aromatic carbocycles. The number of carbonyl (C=O) groups is 1. The van der Waals surface area contributed by atoms with Crippen molar-refractivity contribution < 1.29 is 9.53 Å². The molecule has 1 atom stereocenters. The average molecular weight is 533 g/mol. The highest BCUT2D eigenvalue weighted by atomic mass is 35.5. The number of thiophene rings is 1. The number of likely N-dealkylation sites (N-methyl/N-ethyl adjacent to an activating group) is 1. The van der Waals surface area contributed by atoms with Crippen molar-refractivity contribution >= 4 is 34.7 Å². The first kappa shape index (κ1) is 24.1. The zero-order valence-corrected chi connectivity index (χ0v) is 22.7. The maximum absolute atomic E-state index is 14.0. The molecule has 2 aliphatic rings. The summed E-state index contributed by atoms with van der Waals surface area (Å²) in [6.45, 7) is 4.44. The van der Waals surface area contributed by atoms with E-state index in [1.54, 1.807) is 7.11 Å². The van der Waals surface area contributed by atoms with Gasteiger partial charge in [0.05, 0.1) is 25.4 Å². The Morgan fingerprint density at radius 1 is 1.11 bits per heavy atom. The summed E-state index contributed by atoms with van der Waals surface area (Å²) in [5.74, 6) is 0.787. The molecule has 6 nitrogen and oxygen atoms in total. The van der Waals surface area contributed by atoms with Crippen LogP contribution in [0.25, 0.3) is 5.00 Å². The quantitative estimate of drug-likeness (QED) is 0.322. The summed E-state index contributed by atoms with van der Waals surface area (Å²) in [5.41, 5.74) is 6.39. The van der Waals surface area contributed by atoms with E-state index in [9.17, 15) is 4.79 Å². The molecule has 0 fully saturated rings. The van der Waals surface area contributed by atoms with E-state index in [-0.39, 0.29) is 12.1 Å². The summed E-state index contributed by atoms with van der Waals surface area (Å²) >= 11 is 8.23. The van der Waals surface area contributed by atoms with Crippen molar-refractivity contribution in [3.63, 3.8) is 0 Å². The third-order valence-corrected chi connectivity index (χ3v) is 9.04. The van der Waals surface area contributed by atoms with Crippen molar-refractivity contribution in [3.8, 4) is 10.8 Å². The first-order valence-electron chi connectivity index (χ1n) is 12.4. The number of hydrogen-bond donors (Lipinski definition) is 1. The molecule has 8 heteroatoms. The van der Waals surface area contributed by atoms with Crippen LogP contribution in [0.5, 0.6) is 5.75 Å². The summed E-state index contributed by atoms with van der Waals surface area (Å²) in [4.78, 5) is 19.8. The number of hydrogen-bond acceptors (Lipinski definition) is 4. The number of anilines is 1. The van der Waals surface area contributed by atoms with Gasteiger partial charge in [0, 0.05) is 40.4 Å². The molecule has 0 spiro atoms. The molecule has 190 valence electrons. The van der Waals surface area contributed by atoms with Crippen molar-refractivity contribution in [2.45, 2.75) is 32.5 Å². The van der Waals surface area contributed by atoms with E-state index in [0.29, 0.717) is 17.3 Å². The molecule has 2 aliphatic heterocycles. The van der Waals surface area contributed by atoms with Crippen molar-refractivity contribution in [1.82, 2.24) is 14.4 Å². The van der Waals surface area contributed by atoms with Crippen LogP contribution >= 0.6 is 22.9 Å². The van der Waals surface area contributed by atoms with Gasteiger partial charge in [-0.2, -0.15) is 0 Å². The first-order chi connectivity index (χ1) is 17.9. The summed E-state index contributed by atoms with van der Waals surface area (Å²) in [6.07, 6.45) is 3.11. The van der Waals surface area contributed by atoms with Gasteiger partial charge < -0.3 is 24.4 Å². The molecule has 0 saturated heterocycles. The summed E-state index contributed by atoms with van der Waals surface area (Å²) in [6, 6.07) is 17.4. The summed E-state index contributed by atoms with van der Waals surface area (Å²) < 4.78 is 7.69. The number of urea groups is 1. The van der Waals surface area contributed by atoms with Gasteiger partial charge in [-0.3, -0.25) is 0 Å². The van der Waals surface area contributed by atoms with Crippen LogP contribution in [0.2, 0.25) is 5.02 Å². The third-order valence-electron chi connectivity index (χ3n) is 7.37. The van der Waals surface area contributed by atoms with Gasteiger partial charge in [-0.25, -0.2) is 4.79 Å². The molecular weight excluding hydrogens is 504 g/mol. The number of benzene rings is 2. The van der Waals surface area contributed by atoms with Gasteiger partial charge in [0.1, 0.15) is 10.8 Å². The monoisotopic (exact) mass is 532 g/mol. The van der Waals surface area contributed by atoms with E-state index < -0.39 is 0 Å². The predicted molar refractivity (Wildman–Crippen MR) is 149 cm³/mol. The minimum Gasteiger partial charge on any atom is -0.497 e. The second kappa shape index (κ2) is 9.56. The molecule has 6 rings (SSSR count). The van der Waals surface area contributed by atoms with Gasteiger partial charge >= 0.3 is 6.03 Å². The lowest BCUT2D eigenvalue weighted by molar-refractivity contribution is 0.194. The number of rotatable bonds is 3. The molecule has 2 amide bonds. The highest BCUT2D eigenvalue weighted by Gasteiger charge is 2.36. The third kappa shape index (κ3) is 4.31. The van der Waals surface area contributed by atoms with E-state index >= 15 is 0 Å². The first-order valence-corrected chi connectivity index (χ1v) is 13.6. The Hall–Kier alpha value is -3.26. The minimum atomic E-state index is -0.275. The zero-order valence-electron chi connectivity index (χ0n) is 21.1. The zero-order chi connectivity index (χ0) is 25.7. The van der Waals surface area contributed by atoms with E-state index in [0.717, 1.165) is 42.1 Å². The Bertz CT molecular complexity index is 1480. The van der Waals surface area contributed by atoms with Crippen molar-refractivity contribution in [3.05, 3.63) is 98.6 Å². The van der Waals surface area contributed by atoms with Gasteiger partial charge in [-0.05, 0) is 73.5 Å². The number of amides is 2. The molecule has 0 radical (unpaired) electrons. The van der Waals surface area contributed by atoms with Crippen LogP contribution in [-0.2, 0) is 19.5 Å². The fourth-order valence-electron chi connectivity index (χ4n) is 5.35. The van der Waals surface area contributed by atoms with Crippen LogP contribution in [0, 0.1) is 6.92 Å². The fraction of sp³-hybridized carbons (Fsp3) is 0.276. The van der Waals surface area contributed by atoms with Crippen molar-refractivity contribution in [2.75, 3.05) is 26.0 Å². The van der Waals surface area contributed by atoms with Crippen LogP contribution in [0.4, 0.5) is 10.5 Å². The van der Waals surface area contributed by atoms with Gasteiger partial charge in [-0.1, -0.05) is 29.8 Å². The lowest BCUT2D eigenvalue weighted by Crippen LogP contribution is -2.38. The van der Waals surface area contributed by atoms with Crippen LogP contribution in [-0.4, -0.2) is 41.1 Å². The van der Waals surface area contributed by atoms with Crippen LogP contribution < -0.4 is 10.1 Å². The lowest BCUT2D eigenvalue weighted by Gasteiger charge is -2.32. The predicted octanol–water partition coefficient (Wildman–Crippen LogP) is 6.63. The number of ether oxygens (including phenoxy) is 1. The second-order valence-electron chi connectivity index (χ2n) is 9.78. The Labute approximate surface area is 226 Å². The van der Waals surface area contributed by atoms with E-state index in [1.807, 2.05) is 65.6 Å². The molecule has 1 N–H and O–H groups in total. The Kier molecular flexibility index (Phi) is 6.23. The Balaban J connectivity index is 1.48. The van der Waals surface area contributed by atoms with Crippen LogP contribution in [0.1, 0.15) is 38.9 Å². The van der Waals surface area contributed by atoms with Gasteiger partial charge in [0.2, 0.25) is 0 Å². The minimum absolute atomic E-state index is 0.158. The number of fused-ring (bicyclic) bond motifs is 5. The number of aryl methyl sites for hydroxylation is 1. The average Bonchev–Trinajstić information content (AvgIpc) is 3.47. The maximum Gasteiger partial charge on any atom is 0.322 e. The molecular formula is C29H29ClN4O2S. The molecule has 0 bridgehead atoms. The van der Waals surface area contributed by atoms with Gasteiger partial charge in [-0.15, -0.1) is 11.3 Å². The number of aromatic nitrogens is 1. The van der Waals surface area contributed by atoms with Gasteiger partial charge in [0.15, 0.2) is 0 Å². The van der Waals surface area contributed by atoms with Crippen LogP contribution in [0.3, 0.4) is 0 Å². The standard InChI is InChI=1S/C29H29ClN4O2S/c1-18-6-9-20(15-24(18)30)31-29(35)34-16-23-22-12-14-32(2)17-26(22)37-28(23)33-13-4-5-25(33)27(34)19-7-10-21(36-3)11-8-19/h4-11,13,15,27H,12,14,16-17H2,1-3H3,(H,31,35)/t27-/m0/s1. The number of carbonyl (C=O) groups excluding carboxylic acids is 1. The lowest BCUT2D eigenvalue weighted by atomic mass is 10.00. The molecule has 0 unspecified atom stereocenters. The van der Waals surface area contributed by atoms with Crippen molar-refractivity contribution in [2.24, 2.45) is 0 Å². The molecule has 4 heterocycles. The van der Waals surface area contributed by atoms with Gasteiger partial charge in [0.25, 0.3) is 0 Å². The molecule has 0 saturated carbocycles. The highest BCUT2D eigenvalue weighted by Crippen LogP contribution is 2.43. The number of nitrogens with zero attached hydrogens (tertiary/aromatic N) is 3. The smallest absolute Gasteiger partial charge is 0.322 e. The largest absolute Gasteiger partial charge is 0.497 e. The molecule has 0 aliphatic carbocycles. The maximum atomic E-state index is 14.0. The fourth-order valence-corrected chi connectivity index (χ4v) is 6.98. The van der Waals surface area contributed by atoms with E-state index in [4.69, 9.17) is 16.3 Å². The van der Waals surface area contributed by atoms with E-state index in [1.165, 1.54) is 21.0 Å². The Morgan fingerprint density at radius 3 is 2.68 bits per heavy atom. The topological polar surface area (TPSA) is 49.7 Å². The number of halogens is 1. The molecule has 37 heavy (non-hydrogen) atoms. The summed E-state index contributed by atoms with van der Waals surface area (Å²) in [7, 11) is 3.83. The second-order valence-corrected chi connectivity index (χ2v) is 11.3. The molecule has 2 aromatic heterocycles. The van der Waals surface area contributed by atoms with E-state index in [2.05, 4.69) is 40.2 Å². The van der Waals surface area contributed by atoms with Crippen LogP contribution in [0.15, 0.2) is 60.8 Å². The highest BCUT2D eigenvalue weighted by molar-refractivity contribution is 7.15.